The monoisotopic (exact) mass is 262 g/mol. The fourth-order valence-electron chi connectivity index (χ4n) is 1.92. The summed E-state index contributed by atoms with van der Waals surface area (Å²) < 4.78 is 11.2. The van der Waals surface area contributed by atoms with Crippen LogP contribution >= 0.6 is 11.3 Å². The normalized spacial score (nSPS) is 17.3. The van der Waals surface area contributed by atoms with Crippen LogP contribution in [-0.4, -0.2) is 11.6 Å². The molecule has 2 aromatic rings. The van der Waals surface area contributed by atoms with Crippen molar-refractivity contribution in [3.05, 3.63) is 39.8 Å². The minimum atomic E-state index is -0.0179. The second-order valence-electron chi connectivity index (χ2n) is 4.29. The minimum absolute atomic E-state index is 0.0179. The van der Waals surface area contributed by atoms with Crippen molar-refractivity contribution < 1.29 is 9.47 Å². The Morgan fingerprint density at radius 3 is 3.22 bits per heavy atom. The van der Waals surface area contributed by atoms with E-state index in [0.717, 1.165) is 27.8 Å². The van der Waals surface area contributed by atoms with Gasteiger partial charge in [-0.15, -0.1) is 11.3 Å². The molecule has 0 amide bonds. The predicted octanol–water partition coefficient (Wildman–Crippen LogP) is 2.42. The molecule has 0 aliphatic carbocycles. The van der Waals surface area contributed by atoms with Crippen molar-refractivity contribution in [2.45, 2.75) is 19.6 Å². The molecule has 1 atom stereocenters. The number of rotatable bonds is 3. The zero-order chi connectivity index (χ0) is 12.5. The largest absolute Gasteiger partial charge is 0.491 e. The standard InChI is InChI=1S/C13H14N2O2S/c1-8-7-18-13(15-8)6-16-9-2-3-10-11(14)5-17-12(10)4-9/h2-4,7,11H,5-6,14H2,1H3. The summed E-state index contributed by atoms with van der Waals surface area (Å²) in [6, 6.07) is 5.77. The molecule has 4 nitrogen and oxygen atoms in total. The lowest BCUT2D eigenvalue weighted by molar-refractivity contribution is 0.300. The summed E-state index contributed by atoms with van der Waals surface area (Å²) in [4.78, 5) is 4.35. The number of thiazole rings is 1. The fraction of sp³-hybridized carbons (Fsp3) is 0.308. The highest BCUT2D eigenvalue weighted by Gasteiger charge is 2.20. The average Bonchev–Trinajstić information content (AvgIpc) is 2.94. The summed E-state index contributed by atoms with van der Waals surface area (Å²) in [6.07, 6.45) is 0. The van der Waals surface area contributed by atoms with E-state index in [4.69, 9.17) is 15.2 Å². The van der Waals surface area contributed by atoms with Crippen molar-refractivity contribution in [3.8, 4) is 11.5 Å². The first kappa shape index (κ1) is 11.5. The van der Waals surface area contributed by atoms with Gasteiger partial charge in [0.2, 0.25) is 0 Å². The number of fused-ring (bicyclic) bond motifs is 1. The van der Waals surface area contributed by atoms with E-state index in [-0.39, 0.29) is 6.04 Å². The molecule has 1 aromatic carbocycles. The lowest BCUT2D eigenvalue weighted by Crippen LogP contribution is -2.10. The molecule has 0 saturated heterocycles. The van der Waals surface area contributed by atoms with Gasteiger partial charge in [-0.25, -0.2) is 4.98 Å². The molecule has 1 aromatic heterocycles. The smallest absolute Gasteiger partial charge is 0.140 e. The van der Waals surface area contributed by atoms with Gasteiger partial charge in [0.05, 0.1) is 6.04 Å². The molecule has 1 unspecified atom stereocenters. The first-order valence-electron chi connectivity index (χ1n) is 5.78. The van der Waals surface area contributed by atoms with Gasteiger partial charge in [-0.3, -0.25) is 0 Å². The Balaban J connectivity index is 1.70. The molecule has 2 heterocycles. The molecule has 94 valence electrons. The Labute approximate surface area is 109 Å². The van der Waals surface area contributed by atoms with Crippen molar-refractivity contribution in [1.29, 1.82) is 0 Å². The van der Waals surface area contributed by atoms with Gasteiger partial charge in [0.15, 0.2) is 0 Å². The molecular weight excluding hydrogens is 248 g/mol. The van der Waals surface area contributed by atoms with Crippen LogP contribution in [0.1, 0.15) is 22.3 Å². The average molecular weight is 262 g/mol. The molecule has 0 saturated carbocycles. The number of benzene rings is 1. The summed E-state index contributed by atoms with van der Waals surface area (Å²) in [6.45, 7) is 3.01. The van der Waals surface area contributed by atoms with Crippen LogP contribution in [0.15, 0.2) is 23.6 Å². The summed E-state index contributed by atoms with van der Waals surface area (Å²) >= 11 is 1.61. The van der Waals surface area contributed by atoms with Crippen LogP contribution in [0.4, 0.5) is 0 Å². The molecule has 2 N–H and O–H groups in total. The maximum atomic E-state index is 5.89. The van der Waals surface area contributed by atoms with Crippen LogP contribution < -0.4 is 15.2 Å². The SMILES string of the molecule is Cc1csc(COc2ccc3c(c2)OCC3N)n1. The Kier molecular flexibility index (Phi) is 2.93. The number of aryl methyl sites for hydroxylation is 1. The third-order valence-electron chi connectivity index (χ3n) is 2.83. The van der Waals surface area contributed by atoms with Crippen LogP contribution in [0, 0.1) is 6.92 Å². The van der Waals surface area contributed by atoms with Crippen LogP contribution in [0.3, 0.4) is 0 Å². The Morgan fingerprint density at radius 2 is 2.44 bits per heavy atom. The molecule has 18 heavy (non-hydrogen) atoms. The van der Waals surface area contributed by atoms with E-state index in [0.29, 0.717) is 13.2 Å². The third-order valence-corrected chi connectivity index (χ3v) is 3.77. The molecule has 1 aliphatic rings. The van der Waals surface area contributed by atoms with Crippen LogP contribution in [0.2, 0.25) is 0 Å². The second-order valence-corrected chi connectivity index (χ2v) is 5.23. The molecule has 0 fully saturated rings. The Morgan fingerprint density at radius 1 is 1.56 bits per heavy atom. The molecule has 0 spiro atoms. The van der Waals surface area contributed by atoms with Crippen LogP contribution in [0.5, 0.6) is 11.5 Å². The van der Waals surface area contributed by atoms with Crippen molar-refractivity contribution >= 4 is 11.3 Å². The Hall–Kier alpha value is -1.59. The van der Waals surface area contributed by atoms with Crippen LogP contribution in [-0.2, 0) is 6.61 Å². The van der Waals surface area contributed by atoms with Crippen molar-refractivity contribution in [3.63, 3.8) is 0 Å². The molecular formula is C13H14N2O2S. The van der Waals surface area contributed by atoms with Gasteiger partial charge in [-0.1, -0.05) is 0 Å². The highest BCUT2D eigenvalue weighted by Crippen LogP contribution is 2.34. The van der Waals surface area contributed by atoms with Crippen molar-refractivity contribution in [2.75, 3.05) is 6.61 Å². The van der Waals surface area contributed by atoms with E-state index in [9.17, 15) is 0 Å². The van der Waals surface area contributed by atoms with Gasteiger partial charge < -0.3 is 15.2 Å². The van der Waals surface area contributed by atoms with E-state index >= 15 is 0 Å². The minimum Gasteiger partial charge on any atom is -0.491 e. The zero-order valence-electron chi connectivity index (χ0n) is 10.1. The van der Waals surface area contributed by atoms with Crippen LogP contribution in [0.25, 0.3) is 0 Å². The van der Waals surface area contributed by atoms with Gasteiger partial charge in [-0.2, -0.15) is 0 Å². The van der Waals surface area contributed by atoms with Gasteiger partial charge in [0.1, 0.15) is 29.7 Å². The summed E-state index contributed by atoms with van der Waals surface area (Å²) in [5.41, 5.74) is 7.97. The summed E-state index contributed by atoms with van der Waals surface area (Å²) in [5.74, 6) is 1.62. The maximum Gasteiger partial charge on any atom is 0.140 e. The molecule has 1 aliphatic heterocycles. The topological polar surface area (TPSA) is 57.4 Å². The van der Waals surface area contributed by atoms with E-state index in [1.807, 2.05) is 30.5 Å². The van der Waals surface area contributed by atoms with Crippen molar-refractivity contribution in [1.82, 2.24) is 4.98 Å². The quantitative estimate of drug-likeness (QED) is 0.923. The number of nitrogens with zero attached hydrogens (tertiary/aromatic N) is 1. The van der Waals surface area contributed by atoms with Crippen molar-refractivity contribution in [2.24, 2.45) is 5.73 Å². The Bertz CT molecular complexity index is 568. The van der Waals surface area contributed by atoms with E-state index in [2.05, 4.69) is 4.98 Å². The van der Waals surface area contributed by atoms with E-state index in [1.54, 1.807) is 11.3 Å². The van der Waals surface area contributed by atoms with E-state index in [1.165, 1.54) is 0 Å². The van der Waals surface area contributed by atoms with Gasteiger partial charge >= 0.3 is 0 Å². The number of hydrogen-bond acceptors (Lipinski definition) is 5. The predicted molar refractivity (Wildman–Crippen MR) is 70.0 cm³/mol. The van der Waals surface area contributed by atoms with Gasteiger partial charge in [-0.05, 0) is 19.1 Å². The second kappa shape index (κ2) is 4.59. The highest BCUT2D eigenvalue weighted by atomic mass is 32.1. The first-order chi connectivity index (χ1) is 8.72. The zero-order valence-corrected chi connectivity index (χ0v) is 10.9. The summed E-state index contributed by atoms with van der Waals surface area (Å²) in [5, 5.41) is 2.99. The van der Waals surface area contributed by atoms with Gasteiger partial charge in [0.25, 0.3) is 0 Å². The lowest BCUT2D eigenvalue weighted by atomic mass is 10.1. The third kappa shape index (κ3) is 2.19. The maximum absolute atomic E-state index is 5.89. The first-order valence-corrected chi connectivity index (χ1v) is 6.66. The number of ether oxygens (including phenoxy) is 2. The van der Waals surface area contributed by atoms with Gasteiger partial charge in [0, 0.05) is 22.7 Å². The highest BCUT2D eigenvalue weighted by molar-refractivity contribution is 7.09. The molecule has 3 rings (SSSR count). The molecule has 0 radical (unpaired) electrons. The fourth-order valence-corrected chi connectivity index (χ4v) is 2.60. The van der Waals surface area contributed by atoms with E-state index < -0.39 is 0 Å². The molecule has 0 bridgehead atoms. The summed E-state index contributed by atoms with van der Waals surface area (Å²) in [7, 11) is 0. The lowest BCUT2D eigenvalue weighted by Gasteiger charge is -2.06. The number of nitrogens with two attached hydrogens (primary N) is 1. The molecule has 5 heteroatoms. The number of aromatic nitrogens is 1. The number of hydrogen-bond donors (Lipinski definition) is 1.